The van der Waals surface area contributed by atoms with Crippen molar-refractivity contribution in [1.29, 1.82) is 0 Å². The van der Waals surface area contributed by atoms with Gasteiger partial charge in [0.1, 0.15) is 5.75 Å². The summed E-state index contributed by atoms with van der Waals surface area (Å²) in [6.45, 7) is 4.18. The van der Waals surface area contributed by atoms with Gasteiger partial charge in [0.05, 0.1) is 6.61 Å². The van der Waals surface area contributed by atoms with E-state index in [-0.39, 0.29) is 11.9 Å². The minimum absolute atomic E-state index is 0.0993. The van der Waals surface area contributed by atoms with Gasteiger partial charge < -0.3 is 15.0 Å². The summed E-state index contributed by atoms with van der Waals surface area (Å²) >= 11 is 0. The van der Waals surface area contributed by atoms with E-state index in [4.69, 9.17) is 4.74 Å². The Morgan fingerprint density at radius 1 is 1.23 bits per heavy atom. The molecule has 2 aromatic carbocycles. The Kier molecular flexibility index (Phi) is 5.41. The van der Waals surface area contributed by atoms with Crippen LogP contribution >= 0.6 is 0 Å². The number of urea groups is 1. The van der Waals surface area contributed by atoms with Crippen molar-refractivity contribution in [2.45, 2.75) is 13.5 Å². The van der Waals surface area contributed by atoms with Gasteiger partial charge in [-0.3, -0.25) is 9.69 Å². The molecule has 1 saturated heterocycles. The van der Waals surface area contributed by atoms with Crippen molar-refractivity contribution >= 4 is 17.6 Å². The Morgan fingerprint density at radius 3 is 2.77 bits per heavy atom. The lowest BCUT2D eigenvalue weighted by atomic mass is 10.1. The quantitative estimate of drug-likeness (QED) is 0.869. The third-order valence-corrected chi connectivity index (χ3v) is 4.29. The lowest BCUT2D eigenvalue weighted by Gasteiger charge is -2.20. The third kappa shape index (κ3) is 3.79. The molecule has 0 radical (unpaired) electrons. The summed E-state index contributed by atoms with van der Waals surface area (Å²) in [5.41, 5.74) is 2.24. The van der Waals surface area contributed by atoms with Crippen LogP contribution in [-0.2, 0) is 6.54 Å². The zero-order chi connectivity index (χ0) is 18.5. The molecular weight excluding hydrogens is 330 g/mol. The summed E-state index contributed by atoms with van der Waals surface area (Å²) in [6, 6.07) is 14.8. The molecule has 6 heteroatoms. The van der Waals surface area contributed by atoms with E-state index < -0.39 is 0 Å². The number of nitrogens with zero attached hydrogens (tertiary/aromatic N) is 2. The molecule has 0 spiro atoms. The molecule has 0 aliphatic carbocycles. The predicted octanol–water partition coefficient (Wildman–Crippen LogP) is 2.89. The number of benzene rings is 2. The number of anilines is 1. The summed E-state index contributed by atoms with van der Waals surface area (Å²) in [5.74, 6) is 0.690. The smallest absolute Gasteiger partial charge is 0.321 e. The molecular formula is C20H23N3O3. The van der Waals surface area contributed by atoms with Crippen LogP contribution in [0.15, 0.2) is 48.5 Å². The monoisotopic (exact) mass is 353 g/mol. The zero-order valence-electron chi connectivity index (χ0n) is 15.1. The summed E-state index contributed by atoms with van der Waals surface area (Å²) in [7, 11) is 1.76. The number of carbonyl (C=O) groups is 2. The van der Waals surface area contributed by atoms with E-state index in [0.29, 0.717) is 31.8 Å². The average molecular weight is 353 g/mol. The van der Waals surface area contributed by atoms with Crippen molar-refractivity contribution < 1.29 is 14.3 Å². The maximum atomic E-state index is 12.8. The van der Waals surface area contributed by atoms with Crippen LogP contribution in [0.1, 0.15) is 22.8 Å². The molecule has 0 unspecified atom stereocenters. The number of para-hydroxylation sites is 1. The maximum Gasteiger partial charge on any atom is 0.321 e. The van der Waals surface area contributed by atoms with Gasteiger partial charge in [-0.25, -0.2) is 4.79 Å². The van der Waals surface area contributed by atoms with Crippen LogP contribution in [0.3, 0.4) is 0 Å². The van der Waals surface area contributed by atoms with Gasteiger partial charge in [-0.05, 0) is 31.2 Å². The second-order valence-electron chi connectivity index (χ2n) is 6.14. The topological polar surface area (TPSA) is 61.9 Å². The minimum atomic E-state index is -0.131. The Labute approximate surface area is 153 Å². The van der Waals surface area contributed by atoms with Gasteiger partial charge in [0.25, 0.3) is 5.91 Å². The van der Waals surface area contributed by atoms with E-state index in [9.17, 15) is 9.59 Å². The van der Waals surface area contributed by atoms with E-state index in [0.717, 1.165) is 17.0 Å². The molecule has 0 aromatic heterocycles. The molecule has 0 saturated carbocycles. The Balaban J connectivity index is 1.76. The van der Waals surface area contributed by atoms with Gasteiger partial charge in [-0.15, -0.1) is 0 Å². The fourth-order valence-electron chi connectivity index (χ4n) is 3.00. The largest absolute Gasteiger partial charge is 0.494 e. The molecule has 1 N–H and O–H groups in total. The lowest BCUT2D eigenvalue weighted by Crippen LogP contribution is -2.29. The van der Waals surface area contributed by atoms with Gasteiger partial charge in [0, 0.05) is 43.5 Å². The zero-order valence-corrected chi connectivity index (χ0v) is 15.1. The van der Waals surface area contributed by atoms with Crippen molar-refractivity contribution in [3.63, 3.8) is 0 Å². The van der Waals surface area contributed by atoms with E-state index in [1.165, 1.54) is 0 Å². The first kappa shape index (κ1) is 17.8. The summed E-state index contributed by atoms with van der Waals surface area (Å²) in [4.78, 5) is 28.0. The number of nitrogens with one attached hydrogen (secondary N) is 1. The summed E-state index contributed by atoms with van der Waals surface area (Å²) < 4.78 is 5.63. The van der Waals surface area contributed by atoms with E-state index >= 15 is 0 Å². The van der Waals surface area contributed by atoms with Gasteiger partial charge in [0.15, 0.2) is 0 Å². The Morgan fingerprint density at radius 2 is 2.04 bits per heavy atom. The first-order valence-corrected chi connectivity index (χ1v) is 8.71. The standard InChI is InChI=1S/C20H23N3O3/c1-3-26-18-10-5-4-7-16(18)14-22(2)19(24)15-8-6-9-17(13-15)23-12-11-21-20(23)25/h4-10,13H,3,11-12,14H2,1-2H3,(H,21,25). The molecule has 6 nitrogen and oxygen atoms in total. The molecule has 26 heavy (non-hydrogen) atoms. The minimum Gasteiger partial charge on any atom is -0.494 e. The van der Waals surface area contributed by atoms with Crippen molar-refractivity contribution in [2.24, 2.45) is 0 Å². The van der Waals surface area contributed by atoms with Crippen LogP contribution in [0, 0.1) is 0 Å². The summed E-state index contributed by atoms with van der Waals surface area (Å²) in [5, 5.41) is 2.77. The Hall–Kier alpha value is -3.02. The van der Waals surface area contributed by atoms with Gasteiger partial charge >= 0.3 is 6.03 Å². The number of hydrogen-bond acceptors (Lipinski definition) is 3. The molecule has 136 valence electrons. The second-order valence-corrected chi connectivity index (χ2v) is 6.14. The molecule has 1 aliphatic rings. The van der Waals surface area contributed by atoms with Crippen LogP contribution in [0.25, 0.3) is 0 Å². The molecule has 1 aliphatic heterocycles. The lowest BCUT2D eigenvalue weighted by molar-refractivity contribution is 0.0784. The van der Waals surface area contributed by atoms with Crippen molar-refractivity contribution in [2.75, 3.05) is 31.6 Å². The number of amides is 3. The Bertz CT molecular complexity index is 806. The van der Waals surface area contributed by atoms with Crippen molar-refractivity contribution in [3.05, 3.63) is 59.7 Å². The van der Waals surface area contributed by atoms with E-state index in [2.05, 4.69) is 5.32 Å². The fourth-order valence-corrected chi connectivity index (χ4v) is 3.00. The maximum absolute atomic E-state index is 12.8. The average Bonchev–Trinajstić information content (AvgIpc) is 3.09. The van der Waals surface area contributed by atoms with Gasteiger partial charge in [-0.2, -0.15) is 0 Å². The van der Waals surface area contributed by atoms with Crippen molar-refractivity contribution in [1.82, 2.24) is 10.2 Å². The van der Waals surface area contributed by atoms with Crippen LogP contribution in [0.4, 0.5) is 10.5 Å². The molecule has 1 fully saturated rings. The highest BCUT2D eigenvalue weighted by Crippen LogP contribution is 2.22. The fraction of sp³-hybridized carbons (Fsp3) is 0.300. The van der Waals surface area contributed by atoms with Crippen LogP contribution < -0.4 is 15.0 Å². The molecule has 0 atom stereocenters. The molecule has 0 bridgehead atoms. The highest BCUT2D eigenvalue weighted by atomic mass is 16.5. The first-order chi connectivity index (χ1) is 12.6. The van der Waals surface area contributed by atoms with E-state index in [1.54, 1.807) is 35.0 Å². The van der Waals surface area contributed by atoms with Crippen LogP contribution in [-0.4, -0.2) is 43.6 Å². The molecule has 1 heterocycles. The normalized spacial score (nSPS) is 13.5. The number of hydrogen-bond donors (Lipinski definition) is 1. The van der Waals surface area contributed by atoms with Crippen LogP contribution in [0.2, 0.25) is 0 Å². The number of carbonyl (C=O) groups excluding carboxylic acids is 2. The number of ether oxygens (including phenoxy) is 1. The summed E-state index contributed by atoms with van der Waals surface area (Å²) in [6.07, 6.45) is 0. The number of rotatable bonds is 6. The highest BCUT2D eigenvalue weighted by molar-refractivity contribution is 5.98. The van der Waals surface area contributed by atoms with E-state index in [1.807, 2.05) is 37.3 Å². The molecule has 3 amide bonds. The molecule has 3 rings (SSSR count). The van der Waals surface area contributed by atoms with Gasteiger partial charge in [0.2, 0.25) is 0 Å². The van der Waals surface area contributed by atoms with Gasteiger partial charge in [-0.1, -0.05) is 24.3 Å². The highest BCUT2D eigenvalue weighted by Gasteiger charge is 2.22. The third-order valence-electron chi connectivity index (χ3n) is 4.29. The SMILES string of the molecule is CCOc1ccccc1CN(C)C(=O)c1cccc(N2CCNC2=O)c1. The van der Waals surface area contributed by atoms with Crippen LogP contribution in [0.5, 0.6) is 5.75 Å². The first-order valence-electron chi connectivity index (χ1n) is 8.71. The molecule has 2 aromatic rings. The second kappa shape index (κ2) is 7.91. The predicted molar refractivity (Wildman–Crippen MR) is 101 cm³/mol. The van der Waals surface area contributed by atoms with Crippen molar-refractivity contribution in [3.8, 4) is 5.75 Å².